The molecule has 37 heavy (non-hydrogen) atoms. The van der Waals surface area contributed by atoms with Gasteiger partial charge in [-0.25, -0.2) is 0 Å². The second-order valence-corrected chi connectivity index (χ2v) is 8.59. The van der Waals surface area contributed by atoms with Crippen LogP contribution in [-0.4, -0.2) is 41.0 Å². The number of methoxy groups -OCH3 is 1. The van der Waals surface area contributed by atoms with Crippen molar-refractivity contribution in [2.75, 3.05) is 7.11 Å². The van der Waals surface area contributed by atoms with Crippen LogP contribution in [0.4, 0.5) is 5.69 Å². The highest BCUT2D eigenvalue weighted by molar-refractivity contribution is 5.90. The van der Waals surface area contributed by atoms with Gasteiger partial charge in [-0.3, -0.25) is 19.7 Å². The number of nitrogens with two attached hydrogens (primary N) is 1. The van der Waals surface area contributed by atoms with E-state index in [1.54, 1.807) is 6.07 Å². The third-order valence-electron chi connectivity index (χ3n) is 5.91. The van der Waals surface area contributed by atoms with Crippen LogP contribution in [0.5, 0.6) is 23.0 Å². The molecule has 0 saturated heterocycles. The normalized spacial score (nSPS) is 17.9. The summed E-state index contributed by atoms with van der Waals surface area (Å²) in [6, 6.07) is 14.3. The molecule has 0 spiro atoms. The number of nitro groups is 1. The number of ether oxygens (including phenoxy) is 2. The van der Waals surface area contributed by atoms with Crippen LogP contribution in [0.3, 0.4) is 0 Å². The molecular formula is C26H26N4O7. The van der Waals surface area contributed by atoms with Crippen molar-refractivity contribution in [1.29, 1.82) is 0 Å². The Labute approximate surface area is 212 Å². The van der Waals surface area contributed by atoms with Crippen molar-refractivity contribution in [2.45, 2.75) is 31.5 Å². The van der Waals surface area contributed by atoms with E-state index in [9.17, 15) is 24.8 Å². The number of benzene rings is 3. The van der Waals surface area contributed by atoms with Gasteiger partial charge in [0.2, 0.25) is 23.3 Å². The Hall–Kier alpha value is -4.64. The summed E-state index contributed by atoms with van der Waals surface area (Å²) in [5.74, 6) is -1.39. The van der Waals surface area contributed by atoms with E-state index in [4.69, 9.17) is 15.2 Å². The number of phenols is 1. The quantitative estimate of drug-likeness (QED) is 0.309. The van der Waals surface area contributed by atoms with E-state index < -0.39 is 28.8 Å². The summed E-state index contributed by atoms with van der Waals surface area (Å²) in [6.07, 6.45) is 0.208. The van der Waals surface area contributed by atoms with E-state index in [1.807, 2.05) is 30.3 Å². The summed E-state index contributed by atoms with van der Waals surface area (Å²) in [6.45, 7) is -0.0268. The van der Waals surface area contributed by atoms with E-state index in [1.165, 1.54) is 31.4 Å². The zero-order valence-electron chi connectivity index (χ0n) is 20.0. The highest BCUT2D eigenvalue weighted by atomic mass is 16.6. The molecule has 2 atom stereocenters. The Morgan fingerprint density at radius 3 is 2.54 bits per heavy atom. The molecule has 5 N–H and O–H groups in total. The average molecular weight is 507 g/mol. The van der Waals surface area contributed by atoms with Crippen molar-refractivity contribution < 1.29 is 29.1 Å². The van der Waals surface area contributed by atoms with Crippen LogP contribution in [0.2, 0.25) is 0 Å². The topological polar surface area (TPSA) is 166 Å². The minimum atomic E-state index is -1.06. The molecule has 0 aromatic heterocycles. The van der Waals surface area contributed by atoms with Gasteiger partial charge in [0.05, 0.1) is 18.1 Å². The number of hydrogen-bond acceptors (Lipinski definition) is 8. The summed E-state index contributed by atoms with van der Waals surface area (Å²) in [5, 5.41) is 27.7. The maximum absolute atomic E-state index is 13.1. The van der Waals surface area contributed by atoms with Crippen molar-refractivity contribution in [1.82, 2.24) is 10.6 Å². The Bertz CT molecular complexity index is 1330. The van der Waals surface area contributed by atoms with Crippen molar-refractivity contribution in [3.63, 3.8) is 0 Å². The van der Waals surface area contributed by atoms with Gasteiger partial charge in [0.15, 0.2) is 11.5 Å². The fraction of sp³-hybridized carbons (Fsp3) is 0.231. The Morgan fingerprint density at radius 1 is 1.08 bits per heavy atom. The number of rotatable bonds is 4. The lowest BCUT2D eigenvalue weighted by molar-refractivity contribution is -0.385. The number of hydrogen-bond donors (Lipinski definition) is 4. The van der Waals surface area contributed by atoms with Gasteiger partial charge < -0.3 is 30.9 Å². The minimum Gasteiger partial charge on any atom is -0.504 e. The van der Waals surface area contributed by atoms with Gasteiger partial charge in [0.1, 0.15) is 6.04 Å². The molecule has 0 unspecified atom stereocenters. The van der Waals surface area contributed by atoms with Crippen LogP contribution < -0.4 is 25.8 Å². The number of nitrogens with zero attached hydrogens (tertiary/aromatic N) is 1. The largest absolute Gasteiger partial charge is 0.504 e. The lowest BCUT2D eigenvalue weighted by atomic mass is 10.0. The molecule has 2 heterocycles. The first-order valence-electron chi connectivity index (χ1n) is 11.5. The Balaban J connectivity index is 1.76. The van der Waals surface area contributed by atoms with Gasteiger partial charge in [-0.05, 0) is 41.3 Å². The van der Waals surface area contributed by atoms with Crippen LogP contribution in [0, 0.1) is 10.1 Å². The first-order chi connectivity index (χ1) is 17.7. The first kappa shape index (κ1) is 25.5. The zero-order chi connectivity index (χ0) is 26.5. The summed E-state index contributed by atoms with van der Waals surface area (Å²) in [4.78, 5) is 37.2. The molecule has 0 aliphatic carbocycles. The monoisotopic (exact) mass is 506 g/mol. The number of nitrogens with one attached hydrogen (secondary N) is 2. The smallest absolute Gasteiger partial charge is 0.311 e. The van der Waals surface area contributed by atoms with Crippen molar-refractivity contribution in [3.05, 3.63) is 87.5 Å². The lowest BCUT2D eigenvalue weighted by Crippen LogP contribution is -2.52. The molecule has 0 radical (unpaired) electrons. The van der Waals surface area contributed by atoms with Crippen molar-refractivity contribution >= 4 is 17.5 Å². The average Bonchev–Trinajstić information content (AvgIpc) is 2.87. The Morgan fingerprint density at radius 2 is 1.84 bits per heavy atom. The molecule has 2 aliphatic heterocycles. The number of carbonyl (C=O) groups excluding carboxylic acids is 2. The Kier molecular flexibility index (Phi) is 7.54. The number of amides is 2. The van der Waals surface area contributed by atoms with Crippen LogP contribution in [-0.2, 0) is 29.0 Å². The third-order valence-corrected chi connectivity index (χ3v) is 5.91. The highest BCUT2D eigenvalue weighted by Crippen LogP contribution is 2.42. The van der Waals surface area contributed by atoms with Crippen LogP contribution in [0.15, 0.2) is 60.7 Å². The predicted molar refractivity (Wildman–Crippen MR) is 133 cm³/mol. The molecule has 0 fully saturated rings. The molecule has 192 valence electrons. The van der Waals surface area contributed by atoms with E-state index in [2.05, 4.69) is 10.6 Å². The molecule has 5 rings (SSSR count). The van der Waals surface area contributed by atoms with Crippen LogP contribution >= 0.6 is 0 Å². The van der Waals surface area contributed by atoms with E-state index in [0.717, 1.165) is 5.56 Å². The van der Waals surface area contributed by atoms with Gasteiger partial charge in [-0.1, -0.05) is 36.4 Å². The predicted octanol–water partition coefficient (Wildman–Crippen LogP) is 2.33. The van der Waals surface area contributed by atoms with Gasteiger partial charge in [-0.15, -0.1) is 0 Å². The minimum absolute atomic E-state index is 0.00771. The lowest BCUT2D eigenvalue weighted by Gasteiger charge is -2.22. The molecule has 2 aliphatic rings. The molecular weight excluding hydrogens is 480 g/mol. The fourth-order valence-electron chi connectivity index (χ4n) is 4.06. The second-order valence-electron chi connectivity index (χ2n) is 8.59. The molecule has 11 heteroatoms. The standard InChI is InChI=1S/C26H26N4O7/c1-36-24-21(31)12-17-13-23(24)37-22-8-7-16(11-20(22)30(34)35)9-18(27)25(32)29-19(26(33)28-14-17)10-15-5-3-2-4-6-15/h2-8,11-13,18-19,31H,9-10,14,27H2,1H3,(H,28,33)(H,29,32)/t18-,19+/m1/s1. The molecule has 2 amide bonds. The van der Waals surface area contributed by atoms with Gasteiger partial charge in [0, 0.05) is 19.0 Å². The molecule has 11 nitrogen and oxygen atoms in total. The van der Waals surface area contributed by atoms with E-state index in [-0.39, 0.29) is 48.1 Å². The number of carbonyl (C=O) groups is 2. The van der Waals surface area contributed by atoms with E-state index >= 15 is 0 Å². The zero-order valence-corrected chi connectivity index (χ0v) is 20.0. The maximum Gasteiger partial charge on any atom is 0.311 e. The summed E-state index contributed by atoms with van der Waals surface area (Å²) in [7, 11) is 1.32. The maximum atomic E-state index is 13.1. The van der Waals surface area contributed by atoms with Crippen molar-refractivity contribution in [3.8, 4) is 23.0 Å². The molecule has 4 bridgehead atoms. The summed E-state index contributed by atoms with van der Waals surface area (Å²) < 4.78 is 11.0. The third kappa shape index (κ3) is 5.96. The number of aromatic hydroxyl groups is 1. The van der Waals surface area contributed by atoms with Gasteiger partial charge >= 0.3 is 5.69 Å². The second kappa shape index (κ2) is 11.0. The van der Waals surface area contributed by atoms with Gasteiger partial charge in [0.25, 0.3) is 0 Å². The highest BCUT2D eigenvalue weighted by Gasteiger charge is 2.27. The summed E-state index contributed by atoms with van der Waals surface area (Å²) >= 11 is 0. The van der Waals surface area contributed by atoms with Crippen LogP contribution in [0.25, 0.3) is 0 Å². The molecule has 0 saturated carbocycles. The first-order valence-corrected chi connectivity index (χ1v) is 11.5. The molecule has 3 aromatic rings. The summed E-state index contributed by atoms with van der Waals surface area (Å²) in [5.41, 5.74) is 7.46. The fourth-order valence-corrected chi connectivity index (χ4v) is 4.06. The van der Waals surface area contributed by atoms with Crippen LogP contribution in [0.1, 0.15) is 16.7 Å². The SMILES string of the molecule is COc1c(O)cc2cc1Oc1ccc(cc1[N+](=O)[O-])C[C@@H](N)C(=O)N[C@@H](Cc1ccccc1)C(=O)NC2. The van der Waals surface area contributed by atoms with Gasteiger partial charge in [-0.2, -0.15) is 0 Å². The number of phenolic OH excluding ortho intramolecular Hbond substituents is 1. The number of nitro benzene ring substituents is 1. The number of fused-ring (bicyclic) bond motifs is 9. The molecule has 3 aromatic carbocycles. The van der Waals surface area contributed by atoms with Crippen molar-refractivity contribution in [2.24, 2.45) is 5.73 Å². The van der Waals surface area contributed by atoms with E-state index in [0.29, 0.717) is 11.1 Å².